The third kappa shape index (κ3) is 4.22. The van der Waals surface area contributed by atoms with Crippen LogP contribution in [-0.4, -0.2) is 30.9 Å². The summed E-state index contributed by atoms with van der Waals surface area (Å²) in [6.07, 6.45) is 4.75. The first kappa shape index (κ1) is 20.1. The second kappa shape index (κ2) is 8.69. The van der Waals surface area contributed by atoms with E-state index in [2.05, 4.69) is 10.6 Å². The maximum atomic E-state index is 13.2. The molecule has 4 rings (SSSR count). The van der Waals surface area contributed by atoms with E-state index in [1.165, 1.54) is 19.3 Å². The number of amides is 3. The predicted molar refractivity (Wildman–Crippen MR) is 120 cm³/mol. The molecule has 1 aliphatic heterocycles. The number of anilines is 2. The van der Waals surface area contributed by atoms with Gasteiger partial charge in [-0.25, -0.2) is 4.79 Å². The average Bonchev–Trinajstić information content (AvgIpc) is 2.85. The molecule has 6 nitrogen and oxygen atoms in total. The van der Waals surface area contributed by atoms with Crippen LogP contribution >= 0.6 is 0 Å². The van der Waals surface area contributed by atoms with Gasteiger partial charge in [0.05, 0.1) is 11.4 Å². The molecule has 1 unspecified atom stereocenters. The molecule has 2 aromatic carbocycles. The predicted octanol–water partition coefficient (Wildman–Crippen LogP) is 4.49. The zero-order chi connectivity index (χ0) is 21.1. The van der Waals surface area contributed by atoms with Gasteiger partial charge in [-0.3, -0.25) is 9.79 Å². The van der Waals surface area contributed by atoms with Crippen molar-refractivity contribution < 1.29 is 9.59 Å². The van der Waals surface area contributed by atoms with E-state index < -0.39 is 12.2 Å². The Morgan fingerprint density at radius 3 is 2.60 bits per heavy atom. The molecular weight excluding hydrogens is 376 g/mol. The SMILES string of the molecule is Cc1cccc(NC(=O)NC2N=C(C3CCCCC3)c3ccccc3N(C)C2=O)c1. The Morgan fingerprint density at radius 2 is 1.83 bits per heavy atom. The minimum Gasteiger partial charge on any atom is -0.311 e. The van der Waals surface area contributed by atoms with Crippen molar-refractivity contribution in [2.24, 2.45) is 10.9 Å². The van der Waals surface area contributed by atoms with Gasteiger partial charge in [0.15, 0.2) is 0 Å². The highest BCUT2D eigenvalue weighted by Crippen LogP contribution is 2.33. The molecule has 1 aliphatic carbocycles. The smallest absolute Gasteiger partial charge is 0.311 e. The third-order valence-electron chi connectivity index (χ3n) is 5.91. The minimum atomic E-state index is -0.955. The van der Waals surface area contributed by atoms with Crippen molar-refractivity contribution in [2.75, 3.05) is 17.3 Å². The molecule has 1 fully saturated rings. The number of rotatable bonds is 3. The van der Waals surface area contributed by atoms with Crippen molar-refractivity contribution in [2.45, 2.75) is 45.2 Å². The molecule has 0 radical (unpaired) electrons. The summed E-state index contributed by atoms with van der Waals surface area (Å²) in [5.74, 6) is 0.0657. The quantitative estimate of drug-likeness (QED) is 0.791. The average molecular weight is 405 g/mol. The molecule has 1 heterocycles. The number of hydrogen-bond acceptors (Lipinski definition) is 3. The fourth-order valence-electron chi connectivity index (χ4n) is 4.36. The second-order valence-electron chi connectivity index (χ2n) is 8.13. The van der Waals surface area contributed by atoms with Crippen LogP contribution in [0.25, 0.3) is 0 Å². The summed E-state index contributed by atoms with van der Waals surface area (Å²) in [4.78, 5) is 32.2. The standard InChI is InChI=1S/C24H28N4O2/c1-16-9-8-12-18(15-16)25-24(30)27-22-23(29)28(2)20-14-7-6-13-19(20)21(26-22)17-10-4-3-5-11-17/h6-9,12-15,17,22H,3-5,10-11H2,1-2H3,(H2,25,27,30). The minimum absolute atomic E-state index is 0.243. The van der Waals surface area contributed by atoms with Crippen LogP contribution in [0.1, 0.15) is 43.2 Å². The van der Waals surface area contributed by atoms with Gasteiger partial charge < -0.3 is 15.5 Å². The lowest BCUT2D eigenvalue weighted by Gasteiger charge is -2.25. The van der Waals surface area contributed by atoms with Crippen LogP contribution < -0.4 is 15.5 Å². The van der Waals surface area contributed by atoms with Gasteiger partial charge in [0.1, 0.15) is 0 Å². The van der Waals surface area contributed by atoms with E-state index in [-0.39, 0.29) is 5.91 Å². The number of fused-ring (bicyclic) bond motifs is 1. The lowest BCUT2D eigenvalue weighted by atomic mass is 9.83. The summed E-state index contributed by atoms with van der Waals surface area (Å²) in [6, 6.07) is 15.0. The van der Waals surface area contributed by atoms with Crippen LogP contribution in [0.5, 0.6) is 0 Å². The molecule has 2 N–H and O–H groups in total. The van der Waals surface area contributed by atoms with E-state index in [4.69, 9.17) is 4.99 Å². The molecule has 1 atom stereocenters. The highest BCUT2D eigenvalue weighted by Gasteiger charge is 2.33. The number of urea groups is 1. The number of aryl methyl sites for hydroxylation is 1. The lowest BCUT2D eigenvalue weighted by molar-refractivity contribution is -0.119. The number of likely N-dealkylation sites (N-methyl/N-ethyl adjacent to an activating group) is 1. The van der Waals surface area contributed by atoms with E-state index >= 15 is 0 Å². The van der Waals surface area contributed by atoms with Gasteiger partial charge in [0.25, 0.3) is 5.91 Å². The molecular formula is C24H28N4O2. The van der Waals surface area contributed by atoms with Gasteiger partial charge in [-0.15, -0.1) is 0 Å². The number of hydrogen-bond donors (Lipinski definition) is 2. The van der Waals surface area contributed by atoms with Crippen LogP contribution in [0.3, 0.4) is 0 Å². The van der Waals surface area contributed by atoms with Gasteiger partial charge in [-0.1, -0.05) is 49.6 Å². The summed E-state index contributed by atoms with van der Waals surface area (Å²) in [6.45, 7) is 1.96. The van der Waals surface area contributed by atoms with Crippen molar-refractivity contribution in [3.05, 3.63) is 59.7 Å². The maximum absolute atomic E-state index is 13.2. The fraction of sp³-hybridized carbons (Fsp3) is 0.375. The Labute approximate surface area is 177 Å². The highest BCUT2D eigenvalue weighted by molar-refractivity contribution is 6.14. The summed E-state index contributed by atoms with van der Waals surface area (Å²) in [5, 5.41) is 5.59. The van der Waals surface area contributed by atoms with Crippen molar-refractivity contribution >= 4 is 29.0 Å². The van der Waals surface area contributed by atoms with Crippen molar-refractivity contribution in [1.29, 1.82) is 0 Å². The molecule has 0 saturated heterocycles. The number of nitrogens with zero attached hydrogens (tertiary/aromatic N) is 2. The molecule has 0 spiro atoms. The molecule has 156 valence electrons. The Morgan fingerprint density at radius 1 is 1.07 bits per heavy atom. The van der Waals surface area contributed by atoms with Crippen LogP contribution in [0.15, 0.2) is 53.5 Å². The maximum Gasteiger partial charge on any atom is 0.321 e. The van der Waals surface area contributed by atoms with Crippen molar-refractivity contribution in [3.8, 4) is 0 Å². The summed E-state index contributed by atoms with van der Waals surface area (Å²) in [5.41, 5.74) is 4.50. The Kier molecular flexibility index (Phi) is 5.84. The topological polar surface area (TPSA) is 73.8 Å². The Hall–Kier alpha value is -3.15. The zero-order valence-corrected chi connectivity index (χ0v) is 17.5. The molecule has 3 amide bonds. The van der Waals surface area contributed by atoms with Crippen molar-refractivity contribution in [1.82, 2.24) is 5.32 Å². The van der Waals surface area contributed by atoms with Crippen LogP contribution in [0.2, 0.25) is 0 Å². The molecule has 1 saturated carbocycles. The third-order valence-corrected chi connectivity index (χ3v) is 5.91. The first-order valence-electron chi connectivity index (χ1n) is 10.6. The van der Waals surface area contributed by atoms with Crippen LogP contribution in [0.4, 0.5) is 16.2 Å². The second-order valence-corrected chi connectivity index (χ2v) is 8.13. The zero-order valence-electron chi connectivity index (χ0n) is 17.5. The summed E-state index contributed by atoms with van der Waals surface area (Å²) >= 11 is 0. The number of carbonyl (C=O) groups is 2. The first-order valence-corrected chi connectivity index (χ1v) is 10.6. The summed E-state index contributed by atoms with van der Waals surface area (Å²) < 4.78 is 0. The largest absolute Gasteiger partial charge is 0.321 e. The van der Waals surface area contributed by atoms with Gasteiger partial charge in [-0.05, 0) is 43.5 Å². The molecule has 2 aromatic rings. The van der Waals surface area contributed by atoms with Crippen LogP contribution in [0, 0.1) is 12.8 Å². The van der Waals surface area contributed by atoms with E-state index in [0.717, 1.165) is 35.4 Å². The van der Waals surface area contributed by atoms with Crippen molar-refractivity contribution in [3.63, 3.8) is 0 Å². The number of benzene rings is 2. The van der Waals surface area contributed by atoms with E-state index in [9.17, 15) is 9.59 Å². The summed E-state index contributed by atoms with van der Waals surface area (Å²) in [7, 11) is 1.74. The number of aliphatic imine (C=N–C) groups is 1. The van der Waals surface area contributed by atoms with E-state index in [0.29, 0.717) is 11.6 Å². The normalized spacial score (nSPS) is 19.5. The monoisotopic (exact) mass is 404 g/mol. The Balaban J connectivity index is 1.63. The molecule has 6 heteroatoms. The van der Waals surface area contributed by atoms with Crippen LogP contribution in [-0.2, 0) is 4.79 Å². The highest BCUT2D eigenvalue weighted by atomic mass is 16.2. The Bertz CT molecular complexity index is 979. The molecule has 2 aliphatic rings. The first-order chi connectivity index (χ1) is 14.5. The van der Waals surface area contributed by atoms with E-state index in [1.54, 1.807) is 11.9 Å². The van der Waals surface area contributed by atoms with Gasteiger partial charge >= 0.3 is 6.03 Å². The van der Waals surface area contributed by atoms with Gasteiger partial charge in [0, 0.05) is 24.2 Å². The lowest BCUT2D eigenvalue weighted by Crippen LogP contribution is -2.47. The molecule has 30 heavy (non-hydrogen) atoms. The molecule has 0 aromatic heterocycles. The fourth-order valence-corrected chi connectivity index (χ4v) is 4.36. The number of nitrogens with one attached hydrogen (secondary N) is 2. The van der Waals surface area contributed by atoms with E-state index in [1.807, 2.05) is 55.5 Å². The number of carbonyl (C=O) groups excluding carboxylic acids is 2. The van der Waals surface area contributed by atoms with Gasteiger partial charge in [-0.2, -0.15) is 0 Å². The number of para-hydroxylation sites is 1. The molecule has 0 bridgehead atoms. The number of benzodiazepines with no additional fused rings is 1. The van der Waals surface area contributed by atoms with Gasteiger partial charge in [0.2, 0.25) is 6.17 Å².